The van der Waals surface area contributed by atoms with Gasteiger partial charge in [-0.1, -0.05) is 50.3 Å². The first-order valence-electron chi connectivity index (χ1n) is 12.9. The van der Waals surface area contributed by atoms with Gasteiger partial charge in [-0.3, -0.25) is 14.5 Å². The van der Waals surface area contributed by atoms with Crippen molar-refractivity contribution in [3.8, 4) is 11.5 Å². The summed E-state index contributed by atoms with van der Waals surface area (Å²) in [6.45, 7) is 8.61. The van der Waals surface area contributed by atoms with E-state index in [1.165, 1.54) is 28.4 Å². The number of hydrogen-bond acceptors (Lipinski definition) is 7. The van der Waals surface area contributed by atoms with Gasteiger partial charge in [-0.2, -0.15) is 0 Å². The van der Waals surface area contributed by atoms with Crippen molar-refractivity contribution in [2.75, 3.05) is 11.5 Å². The average molecular weight is 543 g/mol. The molecule has 7 nitrogen and oxygen atoms in total. The molecule has 4 aromatic rings. The van der Waals surface area contributed by atoms with Crippen LogP contribution in [0.4, 0.5) is 5.13 Å². The molecule has 1 amide bonds. The molecule has 0 aliphatic carbocycles. The number of thiazole rings is 1. The Labute approximate surface area is 231 Å². The van der Waals surface area contributed by atoms with Gasteiger partial charge in [0.1, 0.15) is 17.3 Å². The Morgan fingerprint density at radius 1 is 1.08 bits per heavy atom. The molecule has 1 unspecified atom stereocenters. The number of aromatic hydroxyl groups is 1. The van der Waals surface area contributed by atoms with Crippen molar-refractivity contribution in [1.29, 1.82) is 0 Å². The van der Waals surface area contributed by atoms with Crippen LogP contribution in [0.25, 0.3) is 16.0 Å². The van der Waals surface area contributed by atoms with E-state index in [1.54, 1.807) is 30.3 Å². The fourth-order valence-corrected chi connectivity index (χ4v) is 5.71. The summed E-state index contributed by atoms with van der Waals surface area (Å²) >= 11 is 1.32. The normalized spacial score (nSPS) is 16.9. The zero-order chi connectivity index (χ0) is 27.8. The number of aromatic nitrogens is 1. The van der Waals surface area contributed by atoms with Gasteiger partial charge in [0.25, 0.3) is 5.78 Å². The van der Waals surface area contributed by atoms with E-state index in [4.69, 9.17) is 4.74 Å². The molecule has 1 aliphatic heterocycles. The minimum Gasteiger partial charge on any atom is -0.508 e. The molecule has 1 saturated heterocycles. The number of anilines is 1. The molecular formula is C31H30N2O5S. The number of Topliss-reactive ketones (excluding diaryl/α,β-unsaturated/α-hetero) is 1. The number of benzene rings is 3. The van der Waals surface area contributed by atoms with E-state index in [-0.39, 0.29) is 17.1 Å². The van der Waals surface area contributed by atoms with E-state index < -0.39 is 17.7 Å². The first-order valence-corrected chi connectivity index (χ1v) is 13.7. The fourth-order valence-electron chi connectivity index (χ4n) is 4.65. The van der Waals surface area contributed by atoms with Crippen LogP contribution in [0.1, 0.15) is 49.1 Å². The van der Waals surface area contributed by atoms with Crippen LogP contribution in [0.3, 0.4) is 0 Å². The fraction of sp³-hybridized carbons (Fsp3) is 0.258. The van der Waals surface area contributed by atoms with Gasteiger partial charge in [0.15, 0.2) is 5.13 Å². The molecule has 0 saturated carbocycles. The Kier molecular flexibility index (Phi) is 7.14. The average Bonchev–Trinajstić information content (AvgIpc) is 3.45. The predicted molar refractivity (Wildman–Crippen MR) is 153 cm³/mol. The largest absolute Gasteiger partial charge is 0.508 e. The van der Waals surface area contributed by atoms with Gasteiger partial charge in [0.05, 0.1) is 28.4 Å². The summed E-state index contributed by atoms with van der Waals surface area (Å²) in [6, 6.07) is 16.5. The van der Waals surface area contributed by atoms with Gasteiger partial charge in [0.2, 0.25) is 0 Å². The van der Waals surface area contributed by atoms with Gasteiger partial charge >= 0.3 is 5.91 Å². The molecule has 2 N–H and O–H groups in total. The second-order valence-corrected chi connectivity index (χ2v) is 11.1. The van der Waals surface area contributed by atoms with Crippen LogP contribution < -0.4 is 9.64 Å². The zero-order valence-electron chi connectivity index (χ0n) is 22.3. The number of carbonyl (C=O) groups excluding carboxylic acids is 2. The van der Waals surface area contributed by atoms with Crippen LogP contribution in [0, 0.1) is 12.8 Å². The highest BCUT2D eigenvalue weighted by Crippen LogP contribution is 2.44. The van der Waals surface area contributed by atoms with Crippen molar-refractivity contribution in [2.24, 2.45) is 5.92 Å². The molecule has 0 spiro atoms. The standard InChI is InChI=1S/C31H30N2O5S/c1-5-19-6-12-23-25(15-19)39-31(32-23)33-27(20-7-10-22(34)11-8-20)26(29(36)30(33)37)28(35)21-9-13-24(18(4)14-21)38-16-17(2)3/h6-15,17,27,34-35H,5,16H2,1-4H3/b28-26+. The van der Waals surface area contributed by atoms with Gasteiger partial charge < -0.3 is 14.9 Å². The molecule has 1 aromatic heterocycles. The minimum absolute atomic E-state index is 0.0329. The number of phenols is 1. The number of phenolic OH excluding ortho intramolecular Hbond substituents is 1. The summed E-state index contributed by atoms with van der Waals surface area (Å²) in [5, 5.41) is 21.7. The highest BCUT2D eigenvalue weighted by molar-refractivity contribution is 7.22. The molecule has 8 heteroatoms. The Hall–Kier alpha value is -4.17. The summed E-state index contributed by atoms with van der Waals surface area (Å²) in [7, 11) is 0. The number of hydrogen-bond donors (Lipinski definition) is 2. The molecule has 1 fully saturated rings. The lowest BCUT2D eigenvalue weighted by Gasteiger charge is -2.23. The maximum atomic E-state index is 13.5. The monoisotopic (exact) mass is 542 g/mol. The number of aliphatic hydroxyl groups excluding tert-OH is 1. The zero-order valence-corrected chi connectivity index (χ0v) is 23.1. The van der Waals surface area contributed by atoms with Crippen molar-refractivity contribution >= 4 is 44.1 Å². The van der Waals surface area contributed by atoms with Crippen molar-refractivity contribution in [3.05, 3.63) is 88.5 Å². The van der Waals surface area contributed by atoms with Gasteiger partial charge in [-0.05, 0) is 78.4 Å². The topological polar surface area (TPSA) is 100.0 Å². The lowest BCUT2D eigenvalue weighted by Crippen LogP contribution is -2.29. The maximum Gasteiger partial charge on any atom is 0.301 e. The van der Waals surface area contributed by atoms with Gasteiger partial charge in [-0.15, -0.1) is 0 Å². The molecule has 0 bridgehead atoms. The summed E-state index contributed by atoms with van der Waals surface area (Å²) in [5.74, 6) is -0.737. The van der Waals surface area contributed by atoms with Crippen LogP contribution in [0.15, 0.2) is 66.2 Å². The first kappa shape index (κ1) is 26.4. The molecule has 5 rings (SSSR count). The highest BCUT2D eigenvalue weighted by Gasteiger charge is 2.48. The van der Waals surface area contributed by atoms with E-state index in [1.807, 2.05) is 25.1 Å². The van der Waals surface area contributed by atoms with Gasteiger partial charge in [-0.25, -0.2) is 4.98 Å². The molecule has 3 aromatic carbocycles. The number of amides is 1. The van der Waals surface area contributed by atoms with Crippen molar-refractivity contribution in [2.45, 2.75) is 40.2 Å². The Bertz CT molecular complexity index is 1600. The van der Waals surface area contributed by atoms with Crippen molar-refractivity contribution in [3.63, 3.8) is 0 Å². The molecule has 2 heterocycles. The summed E-state index contributed by atoms with van der Waals surface area (Å²) < 4.78 is 6.77. The Morgan fingerprint density at radius 2 is 1.82 bits per heavy atom. The highest BCUT2D eigenvalue weighted by atomic mass is 32.1. The molecule has 39 heavy (non-hydrogen) atoms. The number of fused-ring (bicyclic) bond motifs is 1. The van der Waals surface area contributed by atoms with E-state index in [2.05, 4.69) is 25.8 Å². The van der Waals surface area contributed by atoms with Crippen LogP contribution >= 0.6 is 11.3 Å². The molecule has 1 aliphatic rings. The summed E-state index contributed by atoms with van der Waals surface area (Å²) in [6.07, 6.45) is 0.863. The number of aliphatic hydroxyl groups is 1. The van der Waals surface area contributed by atoms with Crippen molar-refractivity contribution < 1.29 is 24.5 Å². The lowest BCUT2D eigenvalue weighted by molar-refractivity contribution is -0.132. The van der Waals surface area contributed by atoms with Crippen molar-refractivity contribution in [1.82, 2.24) is 4.98 Å². The van der Waals surface area contributed by atoms with E-state index >= 15 is 0 Å². The first-order chi connectivity index (χ1) is 18.7. The summed E-state index contributed by atoms with van der Waals surface area (Å²) in [5.41, 5.74) is 3.61. The van der Waals surface area contributed by atoms with E-state index in [0.29, 0.717) is 34.5 Å². The minimum atomic E-state index is -0.922. The van der Waals surface area contributed by atoms with Crippen LogP contribution in [0.2, 0.25) is 0 Å². The molecule has 200 valence electrons. The summed E-state index contributed by atoms with van der Waals surface area (Å²) in [4.78, 5) is 33.0. The smallest absolute Gasteiger partial charge is 0.301 e. The number of aryl methyl sites for hydroxylation is 2. The number of nitrogens with zero attached hydrogens (tertiary/aromatic N) is 2. The van der Waals surface area contributed by atoms with Crippen LogP contribution in [0.5, 0.6) is 11.5 Å². The maximum absolute atomic E-state index is 13.5. The quantitative estimate of drug-likeness (QED) is 0.156. The third-order valence-electron chi connectivity index (χ3n) is 6.73. The Balaban J connectivity index is 1.64. The van der Waals surface area contributed by atoms with E-state index in [9.17, 15) is 19.8 Å². The lowest BCUT2D eigenvalue weighted by atomic mass is 9.95. The number of ketones is 1. The third kappa shape index (κ3) is 5.00. The number of carbonyl (C=O) groups is 2. The third-order valence-corrected chi connectivity index (χ3v) is 7.75. The van der Waals surface area contributed by atoms with Crippen LogP contribution in [-0.2, 0) is 16.0 Å². The second-order valence-electron chi connectivity index (χ2n) is 10.1. The SMILES string of the molecule is CCc1ccc2nc(N3C(=O)C(=O)/C(=C(/O)c4ccc(OCC(C)C)c(C)c4)C3c3ccc(O)cc3)sc2c1. The van der Waals surface area contributed by atoms with Crippen LogP contribution in [-0.4, -0.2) is 33.5 Å². The van der Waals surface area contributed by atoms with E-state index in [0.717, 1.165) is 27.8 Å². The molecule has 1 atom stereocenters. The number of rotatable bonds is 7. The van der Waals surface area contributed by atoms with Gasteiger partial charge in [0, 0.05) is 5.56 Å². The molecular weight excluding hydrogens is 512 g/mol. The number of ether oxygens (including phenoxy) is 1. The Morgan fingerprint density at radius 3 is 2.49 bits per heavy atom. The second kappa shape index (κ2) is 10.5. The predicted octanol–water partition coefficient (Wildman–Crippen LogP) is 6.53. The molecule has 0 radical (unpaired) electrons.